The van der Waals surface area contributed by atoms with E-state index in [0.717, 1.165) is 29.6 Å². The molecule has 0 unspecified atom stereocenters. The molecule has 0 radical (unpaired) electrons. The lowest BCUT2D eigenvalue weighted by Gasteiger charge is -2.22. The fourth-order valence-corrected chi connectivity index (χ4v) is 3.09. The van der Waals surface area contributed by atoms with E-state index < -0.39 is 0 Å². The SMILES string of the molecule is CC(=O)N1CCCN(C(=O)c2cc(C)nc3ccccc23)CC1. The predicted molar refractivity (Wildman–Crippen MR) is 89.3 cm³/mol. The lowest BCUT2D eigenvalue weighted by molar-refractivity contribution is -0.128. The number of hydrogen-bond donors (Lipinski definition) is 0. The van der Waals surface area contributed by atoms with Crippen molar-refractivity contribution in [3.63, 3.8) is 0 Å². The highest BCUT2D eigenvalue weighted by Crippen LogP contribution is 2.20. The number of carbonyl (C=O) groups excluding carboxylic acids is 2. The number of rotatable bonds is 1. The second-order valence-electron chi connectivity index (χ2n) is 5.98. The Kier molecular flexibility index (Phi) is 4.28. The summed E-state index contributed by atoms with van der Waals surface area (Å²) in [6.45, 7) is 6.06. The van der Waals surface area contributed by atoms with Gasteiger partial charge in [0.05, 0.1) is 11.1 Å². The Bertz CT molecular complexity index is 757. The van der Waals surface area contributed by atoms with Crippen molar-refractivity contribution in [2.75, 3.05) is 26.2 Å². The van der Waals surface area contributed by atoms with Crippen LogP contribution < -0.4 is 0 Å². The third-order valence-electron chi connectivity index (χ3n) is 4.30. The van der Waals surface area contributed by atoms with Crippen LogP contribution in [-0.2, 0) is 4.79 Å². The van der Waals surface area contributed by atoms with Crippen LogP contribution in [0.1, 0.15) is 29.4 Å². The van der Waals surface area contributed by atoms with Crippen molar-refractivity contribution in [2.24, 2.45) is 0 Å². The molecule has 1 fully saturated rings. The standard InChI is InChI=1S/C18H21N3O2/c1-13-12-16(15-6-3-4-7-17(15)19-13)18(23)21-9-5-8-20(10-11-21)14(2)22/h3-4,6-7,12H,5,8-11H2,1-2H3. The smallest absolute Gasteiger partial charge is 0.254 e. The average Bonchev–Trinajstić information content (AvgIpc) is 2.79. The molecule has 1 saturated heterocycles. The quantitative estimate of drug-likeness (QED) is 0.811. The molecule has 0 atom stereocenters. The van der Waals surface area contributed by atoms with Crippen molar-refractivity contribution in [3.8, 4) is 0 Å². The third kappa shape index (κ3) is 3.18. The van der Waals surface area contributed by atoms with Crippen LogP contribution in [0.3, 0.4) is 0 Å². The molecule has 1 aromatic carbocycles. The molecular weight excluding hydrogens is 290 g/mol. The summed E-state index contributed by atoms with van der Waals surface area (Å²) in [7, 11) is 0. The van der Waals surface area contributed by atoms with Crippen LogP contribution in [0.2, 0.25) is 0 Å². The van der Waals surface area contributed by atoms with E-state index in [4.69, 9.17) is 0 Å². The van der Waals surface area contributed by atoms with E-state index in [9.17, 15) is 9.59 Å². The number of hydrogen-bond acceptors (Lipinski definition) is 3. The fraction of sp³-hybridized carbons (Fsp3) is 0.389. The van der Waals surface area contributed by atoms with E-state index in [0.29, 0.717) is 25.2 Å². The molecule has 3 rings (SSSR count). The number of nitrogens with zero attached hydrogens (tertiary/aromatic N) is 3. The Morgan fingerprint density at radius 3 is 2.52 bits per heavy atom. The number of carbonyl (C=O) groups is 2. The topological polar surface area (TPSA) is 53.5 Å². The van der Waals surface area contributed by atoms with Crippen LogP contribution in [0.5, 0.6) is 0 Å². The van der Waals surface area contributed by atoms with Gasteiger partial charge >= 0.3 is 0 Å². The number of pyridine rings is 1. The first kappa shape index (κ1) is 15.5. The van der Waals surface area contributed by atoms with Crippen molar-refractivity contribution in [1.82, 2.24) is 14.8 Å². The van der Waals surface area contributed by atoms with Crippen molar-refractivity contribution in [1.29, 1.82) is 0 Å². The molecule has 2 aromatic rings. The van der Waals surface area contributed by atoms with Gasteiger partial charge in [0.1, 0.15) is 0 Å². The highest BCUT2D eigenvalue weighted by atomic mass is 16.2. The van der Waals surface area contributed by atoms with E-state index in [1.54, 1.807) is 6.92 Å². The minimum atomic E-state index is 0.0251. The summed E-state index contributed by atoms with van der Waals surface area (Å²) in [5.41, 5.74) is 2.38. The van der Waals surface area contributed by atoms with Gasteiger partial charge in [-0.05, 0) is 25.5 Å². The fourth-order valence-electron chi connectivity index (χ4n) is 3.09. The van der Waals surface area contributed by atoms with Crippen molar-refractivity contribution >= 4 is 22.7 Å². The Morgan fingerprint density at radius 2 is 1.74 bits per heavy atom. The largest absolute Gasteiger partial charge is 0.341 e. The summed E-state index contributed by atoms with van der Waals surface area (Å²) in [4.78, 5) is 32.7. The van der Waals surface area contributed by atoms with Gasteiger partial charge in [-0.3, -0.25) is 14.6 Å². The average molecular weight is 311 g/mol. The van der Waals surface area contributed by atoms with Gasteiger partial charge < -0.3 is 9.80 Å². The van der Waals surface area contributed by atoms with Gasteiger partial charge in [-0.2, -0.15) is 0 Å². The molecular formula is C18H21N3O2. The predicted octanol–water partition coefficient (Wildman–Crippen LogP) is 2.24. The maximum Gasteiger partial charge on any atom is 0.254 e. The number of aryl methyl sites for hydroxylation is 1. The first-order chi connectivity index (χ1) is 11.1. The van der Waals surface area contributed by atoms with Crippen LogP contribution in [0, 0.1) is 6.92 Å². The molecule has 120 valence electrons. The minimum Gasteiger partial charge on any atom is -0.341 e. The first-order valence-electron chi connectivity index (χ1n) is 7.97. The molecule has 0 saturated carbocycles. The van der Waals surface area contributed by atoms with Gasteiger partial charge in [-0.25, -0.2) is 0 Å². The van der Waals surface area contributed by atoms with Gasteiger partial charge in [0.15, 0.2) is 0 Å². The lowest BCUT2D eigenvalue weighted by atomic mass is 10.1. The van der Waals surface area contributed by atoms with Crippen LogP contribution in [0.4, 0.5) is 0 Å². The Balaban J connectivity index is 1.90. The molecule has 5 nitrogen and oxygen atoms in total. The Labute approximate surface area is 135 Å². The maximum absolute atomic E-state index is 13.0. The van der Waals surface area contributed by atoms with Gasteiger partial charge in [0.25, 0.3) is 5.91 Å². The monoisotopic (exact) mass is 311 g/mol. The molecule has 5 heteroatoms. The summed E-state index contributed by atoms with van der Waals surface area (Å²) >= 11 is 0. The molecule has 2 amide bonds. The highest BCUT2D eigenvalue weighted by Gasteiger charge is 2.23. The van der Waals surface area contributed by atoms with Crippen molar-refractivity contribution in [2.45, 2.75) is 20.3 Å². The summed E-state index contributed by atoms with van der Waals surface area (Å²) in [6, 6.07) is 9.59. The zero-order valence-corrected chi connectivity index (χ0v) is 13.6. The summed E-state index contributed by atoms with van der Waals surface area (Å²) in [5, 5.41) is 0.885. The minimum absolute atomic E-state index is 0.0251. The van der Waals surface area contributed by atoms with Gasteiger partial charge in [-0.1, -0.05) is 18.2 Å². The molecule has 1 aliphatic rings. The van der Waals surface area contributed by atoms with Gasteiger partial charge in [0, 0.05) is 44.2 Å². The van der Waals surface area contributed by atoms with E-state index >= 15 is 0 Å². The van der Waals surface area contributed by atoms with E-state index in [1.165, 1.54) is 0 Å². The number of benzene rings is 1. The second kappa shape index (κ2) is 6.36. The first-order valence-corrected chi connectivity index (χ1v) is 7.97. The van der Waals surface area contributed by atoms with E-state index in [2.05, 4.69) is 4.98 Å². The van der Waals surface area contributed by atoms with E-state index in [1.807, 2.05) is 47.1 Å². The summed E-state index contributed by atoms with van der Waals surface area (Å²) in [6.07, 6.45) is 0.813. The van der Waals surface area contributed by atoms with Gasteiger partial charge in [0.2, 0.25) is 5.91 Å². The lowest BCUT2D eigenvalue weighted by Crippen LogP contribution is -2.36. The third-order valence-corrected chi connectivity index (χ3v) is 4.30. The van der Waals surface area contributed by atoms with Crippen molar-refractivity contribution < 1.29 is 9.59 Å². The van der Waals surface area contributed by atoms with Crippen LogP contribution in [0.25, 0.3) is 10.9 Å². The summed E-state index contributed by atoms with van der Waals surface area (Å²) < 4.78 is 0. The normalized spacial score (nSPS) is 15.6. The van der Waals surface area contributed by atoms with Crippen LogP contribution >= 0.6 is 0 Å². The van der Waals surface area contributed by atoms with E-state index in [-0.39, 0.29) is 11.8 Å². The molecule has 1 aromatic heterocycles. The number of fused-ring (bicyclic) bond motifs is 1. The zero-order valence-electron chi connectivity index (χ0n) is 13.6. The molecule has 1 aliphatic heterocycles. The number of amides is 2. The maximum atomic E-state index is 13.0. The van der Waals surface area contributed by atoms with Crippen LogP contribution in [0.15, 0.2) is 30.3 Å². The molecule has 0 aliphatic carbocycles. The molecule has 0 spiro atoms. The Hall–Kier alpha value is -2.43. The second-order valence-corrected chi connectivity index (χ2v) is 5.98. The molecule has 23 heavy (non-hydrogen) atoms. The summed E-state index contributed by atoms with van der Waals surface area (Å²) in [5.74, 6) is 0.0987. The Morgan fingerprint density at radius 1 is 1.04 bits per heavy atom. The van der Waals surface area contributed by atoms with Crippen LogP contribution in [-0.4, -0.2) is 52.8 Å². The molecule has 0 bridgehead atoms. The zero-order chi connectivity index (χ0) is 16.4. The molecule has 2 heterocycles. The van der Waals surface area contributed by atoms with Crippen molar-refractivity contribution in [3.05, 3.63) is 41.6 Å². The number of aromatic nitrogens is 1. The molecule has 0 N–H and O–H groups in total. The number of para-hydroxylation sites is 1. The van der Waals surface area contributed by atoms with Gasteiger partial charge in [-0.15, -0.1) is 0 Å². The highest BCUT2D eigenvalue weighted by molar-refractivity contribution is 6.06.